The molecule has 0 saturated carbocycles. The summed E-state index contributed by atoms with van der Waals surface area (Å²) in [5, 5.41) is 6.06. The van der Waals surface area contributed by atoms with Crippen molar-refractivity contribution in [3.63, 3.8) is 0 Å². The molecule has 7 nitrogen and oxygen atoms in total. The molecule has 0 saturated heterocycles. The van der Waals surface area contributed by atoms with Crippen LogP contribution >= 0.6 is 0 Å². The van der Waals surface area contributed by atoms with Gasteiger partial charge in [0.05, 0.1) is 12.7 Å². The van der Waals surface area contributed by atoms with Crippen molar-refractivity contribution in [2.75, 3.05) is 19.0 Å². The van der Waals surface area contributed by atoms with Gasteiger partial charge >= 0.3 is 5.97 Å². The molecule has 1 amide bonds. The number of benzene rings is 1. The summed E-state index contributed by atoms with van der Waals surface area (Å²) in [6.45, 7) is 2.33. The molecule has 7 heteroatoms. The summed E-state index contributed by atoms with van der Waals surface area (Å²) in [5.41, 5.74) is 2.82. The number of hydrogen-bond acceptors (Lipinski definition) is 6. The van der Waals surface area contributed by atoms with Crippen molar-refractivity contribution < 1.29 is 14.3 Å². The molecular formula is C22H26N4O3. The maximum Gasteiger partial charge on any atom is 0.337 e. The Morgan fingerprint density at radius 2 is 2.03 bits per heavy atom. The molecule has 3 rings (SSSR count). The molecule has 0 radical (unpaired) electrons. The van der Waals surface area contributed by atoms with Gasteiger partial charge in [-0.2, -0.15) is 0 Å². The number of ether oxygens (including phenoxy) is 1. The number of aromatic nitrogens is 2. The maximum absolute atomic E-state index is 12.5. The minimum absolute atomic E-state index is 0.224. The van der Waals surface area contributed by atoms with E-state index in [0.717, 1.165) is 19.3 Å². The predicted molar refractivity (Wildman–Crippen MR) is 111 cm³/mol. The van der Waals surface area contributed by atoms with E-state index in [1.54, 1.807) is 31.2 Å². The van der Waals surface area contributed by atoms with Crippen LogP contribution in [0.15, 0.2) is 42.0 Å². The molecule has 1 aliphatic rings. The number of hydrogen-bond donors (Lipinski definition) is 2. The predicted octanol–water partition coefficient (Wildman–Crippen LogP) is 3.94. The number of methoxy groups -OCH3 is 1. The van der Waals surface area contributed by atoms with E-state index < -0.39 is 5.97 Å². The lowest BCUT2D eigenvalue weighted by Crippen LogP contribution is -2.26. The fourth-order valence-electron chi connectivity index (χ4n) is 3.30. The van der Waals surface area contributed by atoms with E-state index in [0.29, 0.717) is 35.1 Å². The van der Waals surface area contributed by atoms with Gasteiger partial charge in [0, 0.05) is 18.3 Å². The number of carbonyl (C=O) groups is 2. The Hall–Kier alpha value is -3.22. The minimum atomic E-state index is -0.416. The van der Waals surface area contributed by atoms with Crippen LogP contribution in [-0.2, 0) is 4.74 Å². The molecule has 0 fully saturated rings. The minimum Gasteiger partial charge on any atom is -0.465 e. The quantitative estimate of drug-likeness (QED) is 0.546. The van der Waals surface area contributed by atoms with Gasteiger partial charge < -0.3 is 15.4 Å². The largest absolute Gasteiger partial charge is 0.465 e. The average molecular weight is 394 g/mol. The second-order valence-electron chi connectivity index (χ2n) is 7.00. The number of aryl methyl sites for hydroxylation is 1. The van der Waals surface area contributed by atoms with Gasteiger partial charge in [0.2, 0.25) is 0 Å². The number of amides is 1. The fourth-order valence-corrected chi connectivity index (χ4v) is 3.30. The monoisotopic (exact) mass is 394 g/mol. The zero-order valence-corrected chi connectivity index (χ0v) is 16.8. The molecule has 1 heterocycles. The van der Waals surface area contributed by atoms with Gasteiger partial charge in [0.1, 0.15) is 17.3 Å². The van der Waals surface area contributed by atoms with E-state index in [2.05, 4.69) is 26.7 Å². The Kier molecular flexibility index (Phi) is 6.94. The number of nitrogens with zero attached hydrogens (tertiary/aromatic N) is 2. The Morgan fingerprint density at radius 3 is 2.79 bits per heavy atom. The second-order valence-corrected chi connectivity index (χ2v) is 7.00. The van der Waals surface area contributed by atoms with Gasteiger partial charge in [-0.05, 0) is 57.2 Å². The molecule has 1 aromatic carbocycles. The van der Waals surface area contributed by atoms with Crippen LogP contribution in [0.4, 0.5) is 11.5 Å². The van der Waals surface area contributed by atoms with E-state index >= 15 is 0 Å². The highest BCUT2D eigenvalue weighted by molar-refractivity contribution is 5.93. The zero-order chi connectivity index (χ0) is 20.6. The van der Waals surface area contributed by atoms with Crippen LogP contribution in [-0.4, -0.2) is 35.5 Å². The van der Waals surface area contributed by atoms with Crippen molar-refractivity contribution in [3.8, 4) is 0 Å². The summed E-state index contributed by atoms with van der Waals surface area (Å²) >= 11 is 0. The third-order valence-electron chi connectivity index (χ3n) is 4.74. The highest BCUT2D eigenvalue weighted by atomic mass is 16.5. The average Bonchev–Trinajstić information content (AvgIpc) is 2.73. The van der Waals surface area contributed by atoms with E-state index in [9.17, 15) is 9.59 Å². The number of rotatable bonds is 7. The molecule has 1 aromatic heterocycles. The third-order valence-corrected chi connectivity index (χ3v) is 4.74. The van der Waals surface area contributed by atoms with Crippen LogP contribution in [0.25, 0.3) is 0 Å². The van der Waals surface area contributed by atoms with Crippen LogP contribution in [0.5, 0.6) is 0 Å². The first-order valence-electron chi connectivity index (χ1n) is 9.82. The van der Waals surface area contributed by atoms with Crippen LogP contribution in [0.3, 0.4) is 0 Å². The molecule has 0 aliphatic heterocycles. The third kappa shape index (κ3) is 5.88. The SMILES string of the molecule is COC(=O)c1cccc(Nc2cc(C(=O)NCCC3=CCCCC3)nc(C)n2)c1. The van der Waals surface area contributed by atoms with Gasteiger partial charge in [-0.1, -0.05) is 17.7 Å². The lowest BCUT2D eigenvalue weighted by atomic mass is 9.97. The molecule has 0 spiro atoms. The molecule has 2 N–H and O–H groups in total. The van der Waals surface area contributed by atoms with Crippen LogP contribution in [0.2, 0.25) is 0 Å². The van der Waals surface area contributed by atoms with Crippen molar-refractivity contribution in [1.82, 2.24) is 15.3 Å². The van der Waals surface area contributed by atoms with Crippen LogP contribution < -0.4 is 10.6 Å². The number of nitrogens with one attached hydrogen (secondary N) is 2. The van der Waals surface area contributed by atoms with Gasteiger partial charge in [0.15, 0.2) is 0 Å². The van der Waals surface area contributed by atoms with Gasteiger partial charge in [-0.25, -0.2) is 14.8 Å². The number of carbonyl (C=O) groups excluding carboxylic acids is 2. The lowest BCUT2D eigenvalue weighted by Gasteiger charge is -2.13. The Bertz CT molecular complexity index is 924. The Morgan fingerprint density at radius 1 is 1.17 bits per heavy atom. The van der Waals surface area contributed by atoms with E-state index in [1.807, 2.05) is 6.07 Å². The summed E-state index contributed by atoms with van der Waals surface area (Å²) in [5.74, 6) is 0.331. The smallest absolute Gasteiger partial charge is 0.337 e. The van der Waals surface area contributed by atoms with Crippen molar-refractivity contribution in [2.45, 2.75) is 39.0 Å². The van der Waals surface area contributed by atoms with Gasteiger partial charge in [-0.15, -0.1) is 0 Å². The molecule has 1 aliphatic carbocycles. The number of anilines is 2. The summed E-state index contributed by atoms with van der Waals surface area (Å²) in [7, 11) is 1.34. The zero-order valence-electron chi connectivity index (χ0n) is 16.8. The normalized spacial score (nSPS) is 13.4. The summed E-state index contributed by atoms with van der Waals surface area (Å²) in [6.07, 6.45) is 7.92. The van der Waals surface area contributed by atoms with E-state index in [-0.39, 0.29) is 5.91 Å². The molecule has 2 aromatic rings. The summed E-state index contributed by atoms with van der Waals surface area (Å²) < 4.78 is 4.74. The number of allylic oxidation sites excluding steroid dienone is 1. The first kappa shape index (κ1) is 20.5. The van der Waals surface area contributed by atoms with E-state index in [4.69, 9.17) is 4.74 Å². The summed E-state index contributed by atoms with van der Waals surface area (Å²) in [6, 6.07) is 8.49. The standard InChI is InChI=1S/C22H26N4O3/c1-15-24-19(21(27)23-12-11-16-7-4-3-5-8-16)14-20(25-15)26-18-10-6-9-17(13-18)22(28)29-2/h6-7,9-10,13-14H,3-5,8,11-12H2,1-2H3,(H,23,27)(H,24,25,26). The molecule has 0 unspecified atom stereocenters. The number of esters is 1. The Balaban J connectivity index is 1.65. The molecule has 29 heavy (non-hydrogen) atoms. The van der Waals surface area contributed by atoms with Crippen LogP contribution in [0, 0.1) is 6.92 Å². The van der Waals surface area contributed by atoms with Gasteiger partial charge in [-0.3, -0.25) is 4.79 Å². The van der Waals surface area contributed by atoms with Crippen molar-refractivity contribution >= 4 is 23.4 Å². The van der Waals surface area contributed by atoms with E-state index in [1.165, 1.54) is 25.5 Å². The molecule has 152 valence electrons. The molecule has 0 bridgehead atoms. The second kappa shape index (κ2) is 9.82. The van der Waals surface area contributed by atoms with Crippen molar-refractivity contribution in [1.29, 1.82) is 0 Å². The van der Waals surface area contributed by atoms with Crippen molar-refractivity contribution in [2.24, 2.45) is 0 Å². The highest BCUT2D eigenvalue weighted by Gasteiger charge is 2.12. The summed E-state index contributed by atoms with van der Waals surface area (Å²) in [4.78, 5) is 32.8. The van der Waals surface area contributed by atoms with Crippen LogP contribution in [0.1, 0.15) is 58.8 Å². The van der Waals surface area contributed by atoms with Crippen molar-refractivity contribution in [3.05, 3.63) is 59.1 Å². The molecule has 0 atom stereocenters. The fraction of sp³-hybridized carbons (Fsp3) is 0.364. The highest BCUT2D eigenvalue weighted by Crippen LogP contribution is 2.20. The lowest BCUT2D eigenvalue weighted by molar-refractivity contribution is 0.0600. The first-order valence-corrected chi connectivity index (χ1v) is 9.82. The first-order chi connectivity index (χ1) is 14.0. The molecular weight excluding hydrogens is 368 g/mol. The topological polar surface area (TPSA) is 93.2 Å². The maximum atomic E-state index is 12.5. The van der Waals surface area contributed by atoms with Gasteiger partial charge in [0.25, 0.3) is 5.91 Å². The Labute approximate surface area is 170 Å².